The van der Waals surface area contributed by atoms with Gasteiger partial charge in [0.05, 0.1) is 12.1 Å². The molecule has 0 atom stereocenters. The minimum Gasteiger partial charge on any atom is -0.492 e. The highest BCUT2D eigenvalue weighted by molar-refractivity contribution is 6.30. The average molecular weight is 387 g/mol. The molecular formula is C20H19ClN2O4. The van der Waals surface area contributed by atoms with E-state index in [1.54, 1.807) is 37.5 Å². The summed E-state index contributed by atoms with van der Waals surface area (Å²) in [6.45, 7) is 0.363. The molecule has 1 N–H and O–H groups in total. The predicted octanol–water partition coefficient (Wildman–Crippen LogP) is 3.52. The van der Waals surface area contributed by atoms with E-state index in [9.17, 15) is 9.59 Å². The molecule has 0 saturated carbocycles. The van der Waals surface area contributed by atoms with Crippen molar-refractivity contribution in [1.29, 1.82) is 0 Å². The van der Waals surface area contributed by atoms with Gasteiger partial charge >= 0.3 is 5.97 Å². The largest absolute Gasteiger partial charge is 0.492 e. The van der Waals surface area contributed by atoms with Gasteiger partial charge in [-0.3, -0.25) is 4.79 Å². The number of rotatable bonds is 7. The second-order valence-electron chi connectivity index (χ2n) is 5.94. The lowest BCUT2D eigenvalue weighted by atomic mass is 10.2. The number of nitrogens with zero attached hydrogens (tertiary/aromatic N) is 1. The smallest absolute Gasteiger partial charge is 0.340 e. The number of ether oxygens (including phenoxy) is 2. The molecule has 0 bridgehead atoms. The number of H-pyrrole nitrogens is 1. The van der Waals surface area contributed by atoms with Crippen LogP contribution in [0.5, 0.6) is 5.75 Å². The van der Waals surface area contributed by atoms with Gasteiger partial charge in [-0.15, -0.1) is 0 Å². The minimum absolute atomic E-state index is 0.303. The zero-order valence-corrected chi connectivity index (χ0v) is 15.5. The van der Waals surface area contributed by atoms with Gasteiger partial charge < -0.3 is 19.4 Å². The summed E-state index contributed by atoms with van der Waals surface area (Å²) in [5, 5.41) is 1.39. The predicted molar refractivity (Wildman–Crippen MR) is 103 cm³/mol. The number of hydrogen-bond acceptors (Lipinski definition) is 4. The number of fused-ring (bicyclic) bond motifs is 1. The summed E-state index contributed by atoms with van der Waals surface area (Å²) in [5.41, 5.74) is 1.25. The monoisotopic (exact) mass is 386 g/mol. The summed E-state index contributed by atoms with van der Waals surface area (Å²) in [6, 6.07) is 14.4. The van der Waals surface area contributed by atoms with Crippen molar-refractivity contribution in [3.05, 3.63) is 65.3 Å². The molecular weight excluding hydrogens is 368 g/mol. The van der Waals surface area contributed by atoms with E-state index in [4.69, 9.17) is 21.1 Å². The number of likely N-dealkylation sites (N-methyl/N-ethyl adjacent to an activating group) is 1. The molecule has 0 aliphatic heterocycles. The van der Waals surface area contributed by atoms with Gasteiger partial charge in [0, 0.05) is 29.2 Å². The lowest BCUT2D eigenvalue weighted by Gasteiger charge is -2.17. The number of amides is 1. The van der Waals surface area contributed by atoms with Gasteiger partial charge in [0.15, 0.2) is 6.61 Å². The highest BCUT2D eigenvalue weighted by Crippen LogP contribution is 2.18. The zero-order chi connectivity index (χ0) is 19.2. The number of aromatic amines is 1. The molecule has 0 aliphatic rings. The van der Waals surface area contributed by atoms with Crippen LogP contribution in [0.4, 0.5) is 0 Å². The standard InChI is InChI=1S/C20H19ClN2O4/c1-23(10-11-26-15-8-6-14(21)7-9-15)19(24)13-27-20(25)17-12-22-18-5-3-2-4-16(17)18/h2-9,12,22H,10-11,13H2,1H3. The van der Waals surface area contributed by atoms with Gasteiger partial charge in [-0.2, -0.15) is 0 Å². The van der Waals surface area contributed by atoms with Crippen molar-refractivity contribution in [2.45, 2.75) is 0 Å². The van der Waals surface area contributed by atoms with E-state index in [0.29, 0.717) is 29.5 Å². The Labute approximate surface area is 161 Å². The number of para-hydroxylation sites is 1. The first-order chi connectivity index (χ1) is 13.0. The molecule has 3 aromatic rings. The van der Waals surface area contributed by atoms with E-state index in [2.05, 4.69) is 4.98 Å². The van der Waals surface area contributed by atoms with Crippen LogP contribution in [0, 0.1) is 0 Å². The molecule has 0 unspecified atom stereocenters. The Morgan fingerprint density at radius 2 is 1.85 bits per heavy atom. The highest BCUT2D eigenvalue weighted by atomic mass is 35.5. The van der Waals surface area contributed by atoms with Crippen LogP contribution in [0.2, 0.25) is 5.02 Å². The second kappa shape index (κ2) is 8.60. The first-order valence-electron chi connectivity index (χ1n) is 8.40. The second-order valence-corrected chi connectivity index (χ2v) is 6.38. The Morgan fingerprint density at radius 3 is 2.63 bits per heavy atom. The number of aromatic nitrogens is 1. The quantitative estimate of drug-likeness (QED) is 0.631. The molecule has 2 aromatic carbocycles. The number of carbonyl (C=O) groups is 2. The molecule has 3 rings (SSSR count). The summed E-state index contributed by atoms with van der Waals surface area (Å²) < 4.78 is 10.7. The van der Waals surface area contributed by atoms with Gasteiger partial charge in [-0.25, -0.2) is 4.79 Å². The highest BCUT2D eigenvalue weighted by Gasteiger charge is 2.16. The molecule has 0 fully saturated rings. The third kappa shape index (κ3) is 4.80. The number of benzene rings is 2. The minimum atomic E-state index is -0.536. The first-order valence-corrected chi connectivity index (χ1v) is 8.78. The van der Waals surface area contributed by atoms with Crippen LogP contribution in [-0.4, -0.2) is 48.6 Å². The molecule has 27 heavy (non-hydrogen) atoms. The molecule has 0 aliphatic carbocycles. The molecule has 0 radical (unpaired) electrons. The first kappa shape index (κ1) is 18.8. The van der Waals surface area contributed by atoms with Crippen molar-refractivity contribution in [2.75, 3.05) is 26.8 Å². The van der Waals surface area contributed by atoms with E-state index < -0.39 is 5.97 Å². The number of halogens is 1. The third-order valence-corrected chi connectivity index (χ3v) is 4.32. The summed E-state index contributed by atoms with van der Waals surface area (Å²) >= 11 is 5.82. The number of hydrogen-bond donors (Lipinski definition) is 1. The van der Waals surface area contributed by atoms with Gasteiger partial charge in [-0.05, 0) is 30.3 Å². The topological polar surface area (TPSA) is 71.6 Å². The Hall–Kier alpha value is -2.99. The van der Waals surface area contributed by atoms with E-state index in [1.807, 2.05) is 24.3 Å². The molecule has 1 amide bonds. The Morgan fingerprint density at radius 1 is 1.11 bits per heavy atom. The van der Waals surface area contributed by atoms with E-state index in [0.717, 1.165) is 10.9 Å². The third-order valence-electron chi connectivity index (χ3n) is 4.07. The van der Waals surface area contributed by atoms with Crippen molar-refractivity contribution < 1.29 is 19.1 Å². The lowest BCUT2D eigenvalue weighted by Crippen LogP contribution is -2.34. The van der Waals surface area contributed by atoms with Crippen LogP contribution >= 0.6 is 11.6 Å². The van der Waals surface area contributed by atoms with Crippen LogP contribution < -0.4 is 4.74 Å². The fourth-order valence-corrected chi connectivity index (χ4v) is 2.64. The fourth-order valence-electron chi connectivity index (χ4n) is 2.51. The van der Waals surface area contributed by atoms with Crippen LogP contribution in [0.1, 0.15) is 10.4 Å². The van der Waals surface area contributed by atoms with Crippen molar-refractivity contribution in [1.82, 2.24) is 9.88 Å². The average Bonchev–Trinajstić information content (AvgIpc) is 3.11. The van der Waals surface area contributed by atoms with Crippen molar-refractivity contribution in [3.63, 3.8) is 0 Å². The molecule has 140 valence electrons. The van der Waals surface area contributed by atoms with Gasteiger partial charge in [0.2, 0.25) is 0 Å². The molecule has 1 aromatic heterocycles. The lowest BCUT2D eigenvalue weighted by molar-refractivity contribution is -0.133. The van der Waals surface area contributed by atoms with Crippen LogP contribution in [0.15, 0.2) is 54.7 Å². The maximum atomic E-state index is 12.2. The summed E-state index contributed by atoms with van der Waals surface area (Å²) in [4.78, 5) is 28.8. The van der Waals surface area contributed by atoms with Gasteiger partial charge in [-0.1, -0.05) is 29.8 Å². The zero-order valence-electron chi connectivity index (χ0n) is 14.8. The van der Waals surface area contributed by atoms with E-state index in [1.165, 1.54) is 4.90 Å². The Balaban J connectivity index is 1.45. The summed E-state index contributed by atoms with van der Waals surface area (Å²) in [7, 11) is 1.63. The summed E-state index contributed by atoms with van der Waals surface area (Å²) in [5.74, 6) is -0.166. The van der Waals surface area contributed by atoms with Crippen LogP contribution in [-0.2, 0) is 9.53 Å². The Bertz CT molecular complexity index is 937. The fraction of sp³-hybridized carbons (Fsp3) is 0.200. The molecule has 0 saturated heterocycles. The van der Waals surface area contributed by atoms with Crippen molar-refractivity contribution >= 4 is 34.4 Å². The maximum absolute atomic E-state index is 12.2. The molecule has 0 spiro atoms. The molecule has 6 nitrogen and oxygen atoms in total. The number of carbonyl (C=O) groups excluding carboxylic acids is 2. The van der Waals surface area contributed by atoms with Crippen LogP contribution in [0.25, 0.3) is 10.9 Å². The molecule has 7 heteroatoms. The van der Waals surface area contributed by atoms with Gasteiger partial charge in [0.25, 0.3) is 5.91 Å². The number of esters is 1. The van der Waals surface area contributed by atoms with Crippen LogP contribution in [0.3, 0.4) is 0 Å². The maximum Gasteiger partial charge on any atom is 0.340 e. The van der Waals surface area contributed by atoms with E-state index >= 15 is 0 Å². The SMILES string of the molecule is CN(CCOc1ccc(Cl)cc1)C(=O)COC(=O)c1c[nH]c2ccccc12. The molecule has 1 heterocycles. The number of nitrogens with one attached hydrogen (secondary N) is 1. The van der Waals surface area contributed by atoms with Crippen molar-refractivity contribution in [2.24, 2.45) is 0 Å². The summed E-state index contributed by atoms with van der Waals surface area (Å²) in [6.07, 6.45) is 1.58. The normalized spacial score (nSPS) is 10.6. The van der Waals surface area contributed by atoms with Gasteiger partial charge in [0.1, 0.15) is 12.4 Å². The van der Waals surface area contributed by atoms with Crippen molar-refractivity contribution in [3.8, 4) is 5.75 Å². The Kier molecular flexibility index (Phi) is 5.98. The van der Waals surface area contributed by atoms with E-state index in [-0.39, 0.29) is 12.5 Å².